The molecule has 1 unspecified atom stereocenters. The van der Waals surface area contributed by atoms with E-state index in [1.54, 1.807) is 0 Å². The van der Waals surface area contributed by atoms with Crippen LogP contribution in [0.5, 0.6) is 0 Å². The molecule has 1 heterocycles. The zero-order valence-corrected chi connectivity index (χ0v) is 13.0. The second-order valence-corrected chi connectivity index (χ2v) is 5.67. The minimum atomic E-state index is 0.611. The van der Waals surface area contributed by atoms with Gasteiger partial charge in [0.05, 0.1) is 6.04 Å². The average Bonchev–Trinajstić information content (AvgIpc) is 2.95. The number of hydrogen-bond acceptors (Lipinski definition) is 1. The molecule has 0 bridgehead atoms. The van der Waals surface area contributed by atoms with Crippen molar-refractivity contribution in [3.8, 4) is 0 Å². The van der Waals surface area contributed by atoms with Crippen molar-refractivity contribution in [3.63, 3.8) is 0 Å². The van der Waals surface area contributed by atoms with Crippen LogP contribution in [-0.2, 0) is 0 Å². The summed E-state index contributed by atoms with van der Waals surface area (Å²) in [5.41, 5.74) is 0. The Bertz CT molecular complexity index is 279. The van der Waals surface area contributed by atoms with Crippen LogP contribution in [0, 0.1) is 0 Å². The van der Waals surface area contributed by atoms with E-state index >= 15 is 0 Å². The Morgan fingerprint density at radius 2 is 1.53 bits per heavy atom. The summed E-state index contributed by atoms with van der Waals surface area (Å²) in [4.78, 5) is 0. The fourth-order valence-electron chi connectivity index (χ4n) is 2.71. The topological polar surface area (TPSA) is 17.8 Å². The van der Waals surface area contributed by atoms with E-state index in [9.17, 15) is 0 Å². The van der Waals surface area contributed by atoms with E-state index in [-0.39, 0.29) is 0 Å². The zero-order chi connectivity index (χ0) is 13.8. The third-order valence-corrected chi connectivity index (χ3v) is 4.01. The Balaban J connectivity index is 1.95. The molecule has 1 rings (SSSR count). The zero-order valence-electron chi connectivity index (χ0n) is 13.0. The summed E-state index contributed by atoms with van der Waals surface area (Å²) in [6, 6.07) is 2.64. The lowest BCUT2D eigenvalue weighted by Gasteiger charge is -2.15. The molecule has 0 aromatic carbocycles. The molecule has 0 N–H and O–H groups in total. The molecule has 1 aromatic rings. The second kappa shape index (κ2) is 11.1. The van der Waals surface area contributed by atoms with Gasteiger partial charge in [-0.1, -0.05) is 71.6 Å². The monoisotopic (exact) mass is 264 g/mol. The molecular formula is C17H32N2. The molecule has 110 valence electrons. The molecule has 0 saturated carbocycles. The highest BCUT2D eigenvalue weighted by Gasteiger charge is 2.07. The van der Waals surface area contributed by atoms with E-state index in [2.05, 4.69) is 29.8 Å². The molecule has 19 heavy (non-hydrogen) atoms. The highest BCUT2D eigenvalue weighted by atomic mass is 15.3. The van der Waals surface area contributed by atoms with E-state index in [1.807, 2.05) is 12.3 Å². The first-order valence-electron chi connectivity index (χ1n) is 8.37. The normalized spacial score (nSPS) is 12.7. The Morgan fingerprint density at radius 1 is 0.895 bits per heavy atom. The summed E-state index contributed by atoms with van der Waals surface area (Å²) >= 11 is 0. The number of hydrogen-bond donors (Lipinski definition) is 0. The third-order valence-electron chi connectivity index (χ3n) is 4.01. The van der Waals surface area contributed by atoms with Crippen LogP contribution in [0.15, 0.2) is 18.5 Å². The van der Waals surface area contributed by atoms with Crippen molar-refractivity contribution < 1.29 is 0 Å². The number of unbranched alkanes of at least 4 members (excludes halogenated alkanes) is 8. The van der Waals surface area contributed by atoms with E-state index in [0.29, 0.717) is 6.04 Å². The van der Waals surface area contributed by atoms with Crippen LogP contribution in [0.2, 0.25) is 0 Å². The van der Waals surface area contributed by atoms with Crippen molar-refractivity contribution in [3.05, 3.63) is 18.5 Å². The molecule has 2 heteroatoms. The first kappa shape index (κ1) is 16.3. The smallest absolute Gasteiger partial charge is 0.0516 e. The maximum absolute atomic E-state index is 4.36. The summed E-state index contributed by atoms with van der Waals surface area (Å²) in [6.45, 7) is 4.55. The minimum absolute atomic E-state index is 0.611. The van der Waals surface area contributed by atoms with Crippen molar-refractivity contribution in [1.29, 1.82) is 0 Å². The van der Waals surface area contributed by atoms with Crippen molar-refractivity contribution in [2.45, 2.75) is 90.5 Å². The standard InChI is InChI=1S/C17H32N2/c1-3-5-6-7-8-9-10-11-12-14-17(4-2)19-16-13-15-18-19/h13,15-17H,3-12,14H2,1-2H3. The molecule has 0 aliphatic carbocycles. The molecule has 2 nitrogen and oxygen atoms in total. The lowest BCUT2D eigenvalue weighted by atomic mass is 10.0. The largest absolute Gasteiger partial charge is 0.270 e. The van der Waals surface area contributed by atoms with Crippen LogP contribution in [-0.4, -0.2) is 9.78 Å². The molecule has 0 aliphatic heterocycles. The predicted molar refractivity (Wildman–Crippen MR) is 83.4 cm³/mol. The van der Waals surface area contributed by atoms with Gasteiger partial charge in [0.15, 0.2) is 0 Å². The summed E-state index contributed by atoms with van der Waals surface area (Å²) in [7, 11) is 0. The first-order valence-corrected chi connectivity index (χ1v) is 8.37. The highest BCUT2D eigenvalue weighted by Crippen LogP contribution is 2.19. The summed E-state index contributed by atoms with van der Waals surface area (Å²) in [5.74, 6) is 0. The average molecular weight is 264 g/mol. The maximum atomic E-state index is 4.36. The number of rotatable bonds is 12. The van der Waals surface area contributed by atoms with Gasteiger partial charge < -0.3 is 0 Å². The van der Waals surface area contributed by atoms with Gasteiger partial charge in [-0.05, 0) is 18.9 Å². The van der Waals surface area contributed by atoms with Crippen molar-refractivity contribution in [2.75, 3.05) is 0 Å². The summed E-state index contributed by atoms with van der Waals surface area (Å²) in [5, 5.41) is 4.36. The van der Waals surface area contributed by atoms with Gasteiger partial charge in [-0.15, -0.1) is 0 Å². The second-order valence-electron chi connectivity index (χ2n) is 5.67. The molecule has 0 fully saturated rings. The quantitative estimate of drug-likeness (QED) is 0.439. The maximum Gasteiger partial charge on any atom is 0.0516 e. The number of nitrogens with zero attached hydrogens (tertiary/aromatic N) is 2. The van der Waals surface area contributed by atoms with Crippen molar-refractivity contribution in [1.82, 2.24) is 9.78 Å². The van der Waals surface area contributed by atoms with E-state index in [1.165, 1.54) is 70.6 Å². The van der Waals surface area contributed by atoms with E-state index in [0.717, 1.165) is 0 Å². The van der Waals surface area contributed by atoms with Gasteiger partial charge in [-0.2, -0.15) is 5.10 Å². The Morgan fingerprint density at radius 3 is 2.05 bits per heavy atom. The summed E-state index contributed by atoms with van der Waals surface area (Å²) < 4.78 is 2.13. The SMILES string of the molecule is CCCCCCCCCCCC(CC)n1cccn1. The van der Waals surface area contributed by atoms with Crippen LogP contribution >= 0.6 is 0 Å². The fraction of sp³-hybridized carbons (Fsp3) is 0.824. The Kier molecular flexibility index (Phi) is 9.48. The van der Waals surface area contributed by atoms with Gasteiger partial charge in [0.2, 0.25) is 0 Å². The van der Waals surface area contributed by atoms with Crippen LogP contribution < -0.4 is 0 Å². The van der Waals surface area contributed by atoms with Gasteiger partial charge in [-0.25, -0.2) is 0 Å². The third kappa shape index (κ3) is 7.39. The molecule has 0 aliphatic rings. The number of aromatic nitrogens is 2. The molecule has 1 aromatic heterocycles. The van der Waals surface area contributed by atoms with Crippen LogP contribution in [0.4, 0.5) is 0 Å². The van der Waals surface area contributed by atoms with E-state index in [4.69, 9.17) is 0 Å². The van der Waals surface area contributed by atoms with Gasteiger partial charge >= 0.3 is 0 Å². The Hall–Kier alpha value is -0.790. The molecule has 0 amide bonds. The van der Waals surface area contributed by atoms with E-state index < -0.39 is 0 Å². The van der Waals surface area contributed by atoms with Crippen LogP contribution in [0.3, 0.4) is 0 Å². The molecular weight excluding hydrogens is 232 g/mol. The van der Waals surface area contributed by atoms with Crippen LogP contribution in [0.1, 0.15) is 90.5 Å². The lowest BCUT2D eigenvalue weighted by Crippen LogP contribution is -2.08. The first-order chi connectivity index (χ1) is 9.38. The van der Waals surface area contributed by atoms with Crippen molar-refractivity contribution >= 4 is 0 Å². The van der Waals surface area contributed by atoms with Gasteiger partial charge in [0.1, 0.15) is 0 Å². The minimum Gasteiger partial charge on any atom is -0.270 e. The molecule has 0 spiro atoms. The lowest BCUT2D eigenvalue weighted by molar-refractivity contribution is 0.393. The molecule has 1 atom stereocenters. The van der Waals surface area contributed by atoms with Gasteiger partial charge in [-0.3, -0.25) is 4.68 Å². The molecule has 0 saturated heterocycles. The van der Waals surface area contributed by atoms with Crippen LogP contribution in [0.25, 0.3) is 0 Å². The summed E-state index contributed by atoms with van der Waals surface area (Å²) in [6.07, 6.45) is 19.2. The fourth-order valence-corrected chi connectivity index (χ4v) is 2.71. The van der Waals surface area contributed by atoms with Gasteiger partial charge in [0, 0.05) is 12.4 Å². The van der Waals surface area contributed by atoms with Crippen molar-refractivity contribution in [2.24, 2.45) is 0 Å². The Labute approximate surface area is 119 Å². The van der Waals surface area contributed by atoms with Gasteiger partial charge in [0.25, 0.3) is 0 Å². The molecule has 0 radical (unpaired) electrons. The highest BCUT2D eigenvalue weighted by molar-refractivity contribution is 4.81. The predicted octanol–water partition coefficient (Wildman–Crippen LogP) is 5.76.